The molecule has 0 bridgehead atoms. The number of aliphatic hydroxyl groups is 2. The minimum atomic E-state index is -2.07. The molecule has 5 rings (SSSR count). The van der Waals surface area contributed by atoms with Crippen molar-refractivity contribution in [2.75, 3.05) is 7.11 Å². The summed E-state index contributed by atoms with van der Waals surface area (Å²) in [7, 11) is 1.24. The maximum atomic E-state index is 13.0. The van der Waals surface area contributed by atoms with E-state index in [-0.39, 0.29) is 16.3 Å². The van der Waals surface area contributed by atoms with Gasteiger partial charge in [-0.15, -0.1) is 0 Å². The van der Waals surface area contributed by atoms with Gasteiger partial charge in [0.05, 0.1) is 29.8 Å². The molecule has 8 heteroatoms. The van der Waals surface area contributed by atoms with Crippen LogP contribution < -0.4 is 4.74 Å². The first kappa shape index (κ1) is 21.2. The Balaban J connectivity index is 1.87. The summed E-state index contributed by atoms with van der Waals surface area (Å²) in [5.41, 5.74) is 3.42. The third kappa shape index (κ3) is 2.61. The minimum absolute atomic E-state index is 0.125. The molecular weight excluding hydrogens is 498 g/mol. The number of pyridine rings is 1. The van der Waals surface area contributed by atoms with E-state index in [4.69, 9.17) is 21.1 Å². The molecule has 0 spiro atoms. The second-order valence-electron chi connectivity index (χ2n) is 7.84. The molecule has 162 valence electrons. The summed E-state index contributed by atoms with van der Waals surface area (Å²) in [6, 6.07) is 7.16. The van der Waals surface area contributed by atoms with E-state index in [1.807, 2.05) is 0 Å². The highest BCUT2D eigenvalue weighted by atomic mass is 79.9. The van der Waals surface area contributed by atoms with Crippen molar-refractivity contribution in [3.8, 4) is 5.75 Å². The summed E-state index contributed by atoms with van der Waals surface area (Å²) < 4.78 is 12.4. The van der Waals surface area contributed by atoms with E-state index >= 15 is 0 Å². The topological polar surface area (TPSA) is 88.9 Å². The number of aliphatic hydroxyl groups excluding tert-OH is 1. The van der Waals surface area contributed by atoms with Crippen LogP contribution in [0.4, 0.5) is 0 Å². The van der Waals surface area contributed by atoms with Crippen LogP contribution in [0.5, 0.6) is 5.75 Å². The van der Waals surface area contributed by atoms with Crippen molar-refractivity contribution in [1.82, 2.24) is 4.98 Å². The van der Waals surface area contributed by atoms with Crippen molar-refractivity contribution in [3.05, 3.63) is 92.5 Å². The Hall–Kier alpha value is -2.63. The molecule has 6 nitrogen and oxygen atoms in total. The van der Waals surface area contributed by atoms with Gasteiger partial charge in [-0.25, -0.2) is 0 Å². The second kappa shape index (κ2) is 7.46. The maximum absolute atomic E-state index is 13.0. The average Bonchev–Trinajstić information content (AvgIpc) is 3.18. The summed E-state index contributed by atoms with van der Waals surface area (Å²) in [5.74, 6) is -2.43. The molecule has 5 atom stereocenters. The Morgan fingerprint density at radius 2 is 2.03 bits per heavy atom. The molecule has 2 aromatic rings. The number of aromatic nitrogens is 1. The normalized spacial score (nSPS) is 31.7. The predicted octanol–water partition coefficient (Wildman–Crippen LogP) is 3.56. The fourth-order valence-corrected chi connectivity index (χ4v) is 5.77. The van der Waals surface area contributed by atoms with Crippen LogP contribution in [-0.4, -0.2) is 34.4 Å². The molecule has 2 aliphatic carbocycles. The lowest BCUT2D eigenvalue weighted by Crippen LogP contribution is -2.52. The van der Waals surface area contributed by atoms with Crippen LogP contribution in [-0.2, 0) is 20.7 Å². The molecule has 32 heavy (non-hydrogen) atoms. The summed E-state index contributed by atoms with van der Waals surface area (Å²) >= 11 is 9.90. The highest BCUT2D eigenvalue weighted by molar-refractivity contribution is 9.10. The molecule has 0 amide bonds. The average molecular weight is 515 g/mol. The number of benzene rings is 1. The number of methoxy groups -OCH3 is 1. The molecule has 1 fully saturated rings. The van der Waals surface area contributed by atoms with Crippen LogP contribution in [0.15, 0.2) is 76.4 Å². The first-order chi connectivity index (χ1) is 15.4. The van der Waals surface area contributed by atoms with Crippen molar-refractivity contribution in [2.24, 2.45) is 11.8 Å². The zero-order valence-electron chi connectivity index (χ0n) is 16.8. The van der Waals surface area contributed by atoms with Gasteiger partial charge < -0.3 is 19.7 Å². The summed E-state index contributed by atoms with van der Waals surface area (Å²) in [4.78, 5) is 17.1. The predicted molar refractivity (Wildman–Crippen MR) is 119 cm³/mol. The van der Waals surface area contributed by atoms with Gasteiger partial charge in [0.15, 0.2) is 11.2 Å². The molecule has 1 saturated carbocycles. The fourth-order valence-electron chi connectivity index (χ4n) is 5.22. The van der Waals surface area contributed by atoms with Gasteiger partial charge >= 0.3 is 5.97 Å². The van der Waals surface area contributed by atoms with Crippen molar-refractivity contribution in [1.29, 1.82) is 0 Å². The molecular formula is C24H17BrClNO5. The van der Waals surface area contributed by atoms with Crippen molar-refractivity contribution < 1.29 is 24.5 Å². The molecule has 0 radical (unpaired) electrons. The highest BCUT2D eigenvalue weighted by Gasteiger charge is 2.78. The largest absolute Gasteiger partial charge is 0.476 e. The number of rotatable bonds is 3. The third-order valence-electron chi connectivity index (χ3n) is 6.44. The van der Waals surface area contributed by atoms with Gasteiger partial charge in [-0.05, 0) is 41.5 Å². The number of esters is 1. The van der Waals surface area contributed by atoms with Crippen LogP contribution in [0.3, 0.4) is 0 Å². The van der Waals surface area contributed by atoms with Gasteiger partial charge in [-0.3, -0.25) is 9.78 Å². The van der Waals surface area contributed by atoms with Crippen LogP contribution >= 0.6 is 27.5 Å². The fraction of sp³-hybridized carbons (Fsp3) is 0.250. The number of ether oxygens (including phenoxy) is 2. The van der Waals surface area contributed by atoms with E-state index in [9.17, 15) is 15.0 Å². The smallest absolute Gasteiger partial charge is 0.312 e. The maximum Gasteiger partial charge on any atom is 0.312 e. The number of allylic oxidation sites excluding steroid dienone is 3. The SMILES string of the molecule is COC(=O)[C@H]1[C@@H](O)[C@@]2(O)c3c(Cl)cncc3O[C@@]2(c2ccc(Br)cc2)[C@@H]1C1=CC=C=C=C1. The quantitative estimate of drug-likeness (QED) is 0.481. The molecule has 2 heterocycles. The number of fused-ring (bicyclic) bond motifs is 3. The first-order valence-corrected chi connectivity index (χ1v) is 11.0. The van der Waals surface area contributed by atoms with E-state index in [1.165, 1.54) is 19.5 Å². The molecule has 1 aromatic heterocycles. The van der Waals surface area contributed by atoms with Gasteiger partial charge in [0.2, 0.25) is 0 Å². The standard InChI is InChI=1S/C24H17BrClNO5/c1-31-22(29)18-19(13-5-3-2-4-6-13)24(14-7-9-15(25)10-8-14)23(30,21(18)28)20-16(26)11-27-12-17(20)32-24/h3,5-12,18-19,21,28,30H,1H3/t18-,19-,21-,23+,24+/m1/s1. The molecule has 3 aliphatic rings. The number of halogens is 2. The Morgan fingerprint density at radius 1 is 1.28 bits per heavy atom. The monoisotopic (exact) mass is 513 g/mol. The molecule has 0 saturated heterocycles. The number of carbonyl (C=O) groups is 1. The van der Waals surface area contributed by atoms with Crippen molar-refractivity contribution >= 4 is 33.5 Å². The van der Waals surface area contributed by atoms with Crippen LogP contribution in [0.2, 0.25) is 5.02 Å². The van der Waals surface area contributed by atoms with Gasteiger partial charge in [0.25, 0.3) is 0 Å². The lowest BCUT2D eigenvalue weighted by molar-refractivity contribution is -0.161. The van der Waals surface area contributed by atoms with E-state index in [1.54, 1.807) is 42.5 Å². The lowest BCUT2D eigenvalue weighted by atomic mass is 9.70. The minimum Gasteiger partial charge on any atom is -0.476 e. The van der Waals surface area contributed by atoms with Gasteiger partial charge in [0, 0.05) is 16.6 Å². The Bertz CT molecular complexity index is 1260. The Kier molecular flexibility index (Phi) is 4.95. The number of nitrogens with zero attached hydrogens (tertiary/aromatic N) is 1. The van der Waals surface area contributed by atoms with E-state index in [0.717, 1.165) is 4.47 Å². The molecule has 2 N–H and O–H groups in total. The Morgan fingerprint density at radius 3 is 2.69 bits per heavy atom. The van der Waals surface area contributed by atoms with E-state index in [0.29, 0.717) is 11.1 Å². The molecule has 0 unspecified atom stereocenters. The first-order valence-electron chi connectivity index (χ1n) is 9.81. The molecule has 1 aromatic carbocycles. The number of hydrogen-bond donors (Lipinski definition) is 2. The molecule has 1 aliphatic heterocycles. The highest BCUT2D eigenvalue weighted by Crippen LogP contribution is 2.68. The second-order valence-corrected chi connectivity index (χ2v) is 9.17. The van der Waals surface area contributed by atoms with E-state index in [2.05, 4.69) is 32.4 Å². The van der Waals surface area contributed by atoms with Crippen molar-refractivity contribution in [2.45, 2.75) is 17.3 Å². The van der Waals surface area contributed by atoms with Crippen LogP contribution in [0.1, 0.15) is 11.1 Å². The van der Waals surface area contributed by atoms with Gasteiger partial charge in [-0.2, -0.15) is 0 Å². The zero-order valence-corrected chi connectivity index (χ0v) is 19.1. The van der Waals surface area contributed by atoms with Crippen LogP contribution in [0.25, 0.3) is 0 Å². The van der Waals surface area contributed by atoms with Crippen LogP contribution in [0, 0.1) is 11.8 Å². The number of carbonyl (C=O) groups excluding carboxylic acids is 1. The zero-order chi connectivity index (χ0) is 22.7. The van der Waals surface area contributed by atoms with Gasteiger partial charge in [-0.1, -0.05) is 51.1 Å². The summed E-state index contributed by atoms with van der Waals surface area (Å²) in [5, 5.41) is 24.0. The third-order valence-corrected chi connectivity index (χ3v) is 7.25. The lowest BCUT2D eigenvalue weighted by Gasteiger charge is -2.41. The summed E-state index contributed by atoms with van der Waals surface area (Å²) in [6.45, 7) is 0. The number of hydrogen-bond acceptors (Lipinski definition) is 6. The van der Waals surface area contributed by atoms with Crippen molar-refractivity contribution in [3.63, 3.8) is 0 Å². The summed E-state index contributed by atoms with van der Waals surface area (Å²) in [6.07, 6.45) is 6.29. The van der Waals surface area contributed by atoms with Gasteiger partial charge in [0.1, 0.15) is 11.9 Å². The Labute approximate surface area is 197 Å². The van der Waals surface area contributed by atoms with E-state index < -0.39 is 35.1 Å².